The zero-order valence-corrected chi connectivity index (χ0v) is 11.7. The number of nitrogens with zero attached hydrogens (tertiary/aromatic N) is 1. The van der Waals surface area contributed by atoms with Crippen LogP contribution in [-0.4, -0.2) is 4.98 Å². The van der Waals surface area contributed by atoms with Crippen LogP contribution in [0.15, 0.2) is 36.7 Å². The molecule has 3 rings (SSSR count). The lowest BCUT2D eigenvalue weighted by Crippen LogP contribution is -2.19. The van der Waals surface area contributed by atoms with Crippen molar-refractivity contribution < 1.29 is 0 Å². The third-order valence-corrected chi connectivity index (χ3v) is 4.10. The average molecular weight is 273 g/mol. The lowest BCUT2D eigenvalue weighted by atomic mass is 10.1. The van der Waals surface area contributed by atoms with Gasteiger partial charge in [-0.1, -0.05) is 17.7 Å². The van der Waals surface area contributed by atoms with Gasteiger partial charge in [0.2, 0.25) is 0 Å². The van der Waals surface area contributed by atoms with Crippen LogP contribution in [0.3, 0.4) is 0 Å². The molecule has 0 saturated carbocycles. The summed E-state index contributed by atoms with van der Waals surface area (Å²) in [6, 6.07) is 8.72. The van der Waals surface area contributed by atoms with Gasteiger partial charge < -0.3 is 5.32 Å². The predicted molar refractivity (Wildman–Crippen MR) is 78.3 cm³/mol. The number of aryl methyl sites for hydroxylation is 2. The maximum atomic E-state index is 6.04. The Morgan fingerprint density at radius 1 is 1.37 bits per heavy atom. The number of benzene rings is 1. The zero-order valence-electron chi connectivity index (χ0n) is 11.0. The topological polar surface area (TPSA) is 24.9 Å². The van der Waals surface area contributed by atoms with Crippen molar-refractivity contribution in [3.05, 3.63) is 63.9 Å². The van der Waals surface area contributed by atoms with E-state index in [0.717, 1.165) is 24.4 Å². The lowest BCUT2D eigenvalue weighted by molar-refractivity contribution is 0.529. The molecule has 0 radical (unpaired) electrons. The molecule has 0 spiro atoms. The molecular weight excluding hydrogens is 256 g/mol. The first-order valence-electron chi connectivity index (χ1n) is 6.65. The molecule has 0 saturated heterocycles. The molecule has 1 aromatic carbocycles. The highest BCUT2D eigenvalue weighted by molar-refractivity contribution is 6.30. The molecule has 0 aliphatic heterocycles. The molecule has 1 heterocycles. The fourth-order valence-corrected chi connectivity index (χ4v) is 2.91. The molecule has 2 aromatic rings. The van der Waals surface area contributed by atoms with Crippen LogP contribution in [0, 0.1) is 6.92 Å². The Hall–Kier alpha value is -1.38. The first kappa shape index (κ1) is 12.6. The molecular formula is C16H17ClN2. The van der Waals surface area contributed by atoms with Gasteiger partial charge in [-0.3, -0.25) is 4.98 Å². The summed E-state index contributed by atoms with van der Waals surface area (Å²) >= 11 is 6.04. The first-order valence-corrected chi connectivity index (χ1v) is 7.03. The van der Waals surface area contributed by atoms with Crippen molar-refractivity contribution >= 4 is 11.6 Å². The van der Waals surface area contributed by atoms with E-state index in [4.69, 9.17) is 11.6 Å². The minimum absolute atomic E-state index is 0.437. The molecule has 1 aliphatic carbocycles. The molecule has 1 unspecified atom stereocenters. The highest BCUT2D eigenvalue weighted by Crippen LogP contribution is 2.33. The first-order chi connectivity index (χ1) is 9.24. The third kappa shape index (κ3) is 2.65. The fourth-order valence-electron chi connectivity index (χ4n) is 2.71. The van der Waals surface area contributed by atoms with Crippen molar-refractivity contribution in [2.75, 3.05) is 0 Å². The summed E-state index contributed by atoms with van der Waals surface area (Å²) in [7, 11) is 0. The Labute approximate surface area is 118 Å². The van der Waals surface area contributed by atoms with Gasteiger partial charge in [-0.15, -0.1) is 0 Å². The largest absolute Gasteiger partial charge is 0.306 e. The fraction of sp³-hybridized carbons (Fsp3) is 0.312. The Morgan fingerprint density at radius 3 is 3.11 bits per heavy atom. The minimum Gasteiger partial charge on any atom is -0.306 e. The molecule has 1 atom stereocenters. The Balaban J connectivity index is 1.72. The zero-order chi connectivity index (χ0) is 13.2. The van der Waals surface area contributed by atoms with Gasteiger partial charge in [-0.25, -0.2) is 0 Å². The molecule has 0 bridgehead atoms. The van der Waals surface area contributed by atoms with E-state index in [-0.39, 0.29) is 0 Å². The average Bonchev–Trinajstić information content (AvgIpc) is 2.80. The van der Waals surface area contributed by atoms with Gasteiger partial charge in [-0.05, 0) is 60.2 Å². The SMILES string of the molecule is Cc1ccncc1CNC1CCc2cc(Cl)ccc21. The number of nitrogens with one attached hydrogen (secondary N) is 1. The van der Waals surface area contributed by atoms with E-state index in [1.54, 1.807) is 0 Å². The molecule has 0 fully saturated rings. The number of halogens is 1. The number of pyridine rings is 1. The standard InChI is InChI=1S/C16H17ClN2/c1-11-6-7-18-9-13(11)10-19-16-5-2-12-8-14(17)3-4-15(12)16/h3-4,6-9,16,19H,2,5,10H2,1H3. The van der Waals surface area contributed by atoms with Crippen molar-refractivity contribution in [1.29, 1.82) is 0 Å². The highest BCUT2D eigenvalue weighted by atomic mass is 35.5. The summed E-state index contributed by atoms with van der Waals surface area (Å²) in [6.45, 7) is 2.99. The Bertz CT molecular complexity index is 595. The molecule has 0 amide bonds. The van der Waals surface area contributed by atoms with E-state index in [9.17, 15) is 0 Å². The lowest BCUT2D eigenvalue weighted by Gasteiger charge is -2.15. The van der Waals surface area contributed by atoms with Gasteiger partial charge in [0.25, 0.3) is 0 Å². The summed E-state index contributed by atoms with van der Waals surface area (Å²) in [5.74, 6) is 0. The van der Waals surface area contributed by atoms with Gasteiger partial charge in [0.1, 0.15) is 0 Å². The van der Waals surface area contributed by atoms with Crippen LogP contribution in [-0.2, 0) is 13.0 Å². The van der Waals surface area contributed by atoms with E-state index >= 15 is 0 Å². The van der Waals surface area contributed by atoms with Crippen molar-refractivity contribution in [1.82, 2.24) is 10.3 Å². The van der Waals surface area contributed by atoms with Crippen LogP contribution in [0.5, 0.6) is 0 Å². The molecule has 19 heavy (non-hydrogen) atoms. The van der Waals surface area contributed by atoms with Gasteiger partial charge in [0.05, 0.1) is 0 Å². The van der Waals surface area contributed by atoms with Crippen LogP contribution < -0.4 is 5.32 Å². The Morgan fingerprint density at radius 2 is 2.26 bits per heavy atom. The summed E-state index contributed by atoms with van der Waals surface area (Å²) in [5.41, 5.74) is 5.33. The molecule has 1 aromatic heterocycles. The van der Waals surface area contributed by atoms with Gasteiger partial charge in [0.15, 0.2) is 0 Å². The Kier molecular flexibility index (Phi) is 3.54. The van der Waals surface area contributed by atoms with Crippen LogP contribution in [0.4, 0.5) is 0 Å². The van der Waals surface area contributed by atoms with E-state index in [1.165, 1.54) is 22.3 Å². The summed E-state index contributed by atoms with van der Waals surface area (Å²) in [5, 5.41) is 4.47. The van der Waals surface area contributed by atoms with Crippen molar-refractivity contribution in [2.45, 2.75) is 32.4 Å². The number of hydrogen-bond acceptors (Lipinski definition) is 2. The second-order valence-electron chi connectivity index (χ2n) is 5.12. The number of aromatic nitrogens is 1. The molecule has 1 N–H and O–H groups in total. The van der Waals surface area contributed by atoms with Crippen LogP contribution >= 0.6 is 11.6 Å². The van der Waals surface area contributed by atoms with Gasteiger partial charge in [0, 0.05) is 30.0 Å². The summed E-state index contributed by atoms with van der Waals surface area (Å²) in [6.07, 6.45) is 6.04. The van der Waals surface area contributed by atoms with Crippen LogP contribution in [0.25, 0.3) is 0 Å². The summed E-state index contributed by atoms with van der Waals surface area (Å²) < 4.78 is 0. The highest BCUT2D eigenvalue weighted by Gasteiger charge is 2.21. The van der Waals surface area contributed by atoms with Crippen molar-refractivity contribution in [3.63, 3.8) is 0 Å². The third-order valence-electron chi connectivity index (χ3n) is 3.87. The molecule has 2 nitrogen and oxygen atoms in total. The van der Waals surface area contributed by atoms with Gasteiger partial charge in [-0.2, -0.15) is 0 Å². The second kappa shape index (κ2) is 5.32. The predicted octanol–water partition coefficient (Wildman–Crippen LogP) is 3.82. The maximum Gasteiger partial charge on any atom is 0.0408 e. The van der Waals surface area contributed by atoms with E-state index in [2.05, 4.69) is 35.4 Å². The summed E-state index contributed by atoms with van der Waals surface area (Å²) in [4.78, 5) is 4.19. The quantitative estimate of drug-likeness (QED) is 0.919. The number of hydrogen-bond donors (Lipinski definition) is 1. The second-order valence-corrected chi connectivity index (χ2v) is 5.55. The van der Waals surface area contributed by atoms with E-state index < -0.39 is 0 Å². The minimum atomic E-state index is 0.437. The monoisotopic (exact) mass is 272 g/mol. The van der Waals surface area contributed by atoms with Crippen molar-refractivity contribution in [3.8, 4) is 0 Å². The smallest absolute Gasteiger partial charge is 0.0408 e. The molecule has 3 heteroatoms. The molecule has 1 aliphatic rings. The van der Waals surface area contributed by atoms with E-state index in [0.29, 0.717) is 6.04 Å². The number of fused-ring (bicyclic) bond motifs is 1. The molecule has 98 valence electrons. The van der Waals surface area contributed by atoms with Crippen LogP contribution in [0.1, 0.15) is 34.7 Å². The maximum absolute atomic E-state index is 6.04. The van der Waals surface area contributed by atoms with Crippen molar-refractivity contribution in [2.24, 2.45) is 0 Å². The van der Waals surface area contributed by atoms with Gasteiger partial charge >= 0.3 is 0 Å². The normalized spacial score (nSPS) is 17.5. The van der Waals surface area contributed by atoms with Crippen LogP contribution in [0.2, 0.25) is 5.02 Å². The van der Waals surface area contributed by atoms with E-state index in [1.807, 2.05) is 18.5 Å². The number of rotatable bonds is 3.